The molecule has 0 aliphatic carbocycles. The lowest BCUT2D eigenvalue weighted by Crippen LogP contribution is -2.57. The quantitative estimate of drug-likeness (QED) is 0.759. The van der Waals surface area contributed by atoms with Crippen LogP contribution in [0.15, 0.2) is 24.3 Å². The fourth-order valence-corrected chi connectivity index (χ4v) is 1.68. The summed E-state index contributed by atoms with van der Waals surface area (Å²) >= 11 is 0. The van der Waals surface area contributed by atoms with Crippen molar-refractivity contribution in [2.75, 3.05) is 11.4 Å². The van der Waals surface area contributed by atoms with Crippen LogP contribution in [0.2, 0.25) is 0 Å². The molecule has 0 radical (unpaired) electrons. The zero-order valence-corrected chi connectivity index (χ0v) is 8.74. The molecule has 2 rings (SSSR count). The first-order valence-electron chi connectivity index (χ1n) is 4.95. The highest BCUT2D eigenvalue weighted by molar-refractivity contribution is 6.06. The second-order valence-corrected chi connectivity index (χ2v) is 3.66. The Balaban J connectivity index is 2.36. The summed E-state index contributed by atoms with van der Waals surface area (Å²) in [5.74, 6) is -1.09. The first-order valence-corrected chi connectivity index (χ1v) is 4.95. The molecule has 1 aliphatic rings. The van der Waals surface area contributed by atoms with E-state index in [1.165, 1.54) is 23.1 Å². The number of benzene rings is 1. The van der Waals surface area contributed by atoms with Crippen molar-refractivity contribution in [1.29, 1.82) is 0 Å². The number of amides is 2. The number of halogens is 1. The van der Waals surface area contributed by atoms with Crippen molar-refractivity contribution in [2.45, 2.75) is 13.0 Å². The van der Waals surface area contributed by atoms with Gasteiger partial charge in [-0.05, 0) is 19.1 Å². The van der Waals surface area contributed by atoms with Crippen molar-refractivity contribution < 1.29 is 14.0 Å². The number of carbonyl (C=O) groups is 2. The summed E-state index contributed by atoms with van der Waals surface area (Å²) < 4.78 is 13.5. The number of nitrogens with one attached hydrogen (secondary N) is 1. The number of hydrogen-bond acceptors (Lipinski definition) is 2. The molecule has 16 heavy (non-hydrogen) atoms. The minimum Gasteiger partial charge on any atom is -0.343 e. The number of anilines is 1. The summed E-state index contributed by atoms with van der Waals surface area (Å²) in [5, 5.41) is 2.50. The van der Waals surface area contributed by atoms with Crippen LogP contribution in [-0.4, -0.2) is 24.4 Å². The Bertz CT molecular complexity index is 447. The molecule has 1 saturated heterocycles. The molecule has 1 N–H and O–H groups in total. The first kappa shape index (κ1) is 10.6. The normalized spacial score (nSPS) is 20.9. The van der Waals surface area contributed by atoms with E-state index in [1.807, 2.05) is 0 Å². The van der Waals surface area contributed by atoms with Crippen molar-refractivity contribution in [3.63, 3.8) is 0 Å². The standard InChI is InChI=1S/C11H11FN2O2/c1-7-11(16)14(6-10(15)13-7)9-5-3-2-4-8(9)12/h2-5,7H,6H2,1H3,(H,13,15). The van der Waals surface area contributed by atoms with E-state index < -0.39 is 11.9 Å². The fourth-order valence-electron chi connectivity index (χ4n) is 1.68. The Morgan fingerprint density at radius 3 is 2.75 bits per heavy atom. The zero-order valence-electron chi connectivity index (χ0n) is 8.74. The molecule has 0 bridgehead atoms. The van der Waals surface area contributed by atoms with E-state index in [1.54, 1.807) is 13.0 Å². The minimum absolute atomic E-state index is 0.135. The summed E-state index contributed by atoms with van der Waals surface area (Å²) in [6.07, 6.45) is 0. The molecule has 1 aromatic rings. The lowest BCUT2D eigenvalue weighted by Gasteiger charge is -2.30. The van der Waals surface area contributed by atoms with E-state index in [2.05, 4.69) is 5.32 Å². The van der Waals surface area contributed by atoms with Gasteiger partial charge in [0.15, 0.2) is 0 Å². The van der Waals surface area contributed by atoms with Gasteiger partial charge >= 0.3 is 0 Å². The molecule has 1 unspecified atom stereocenters. The van der Waals surface area contributed by atoms with Crippen LogP contribution in [-0.2, 0) is 9.59 Å². The third-order valence-electron chi connectivity index (χ3n) is 2.46. The van der Waals surface area contributed by atoms with Crippen LogP contribution in [0, 0.1) is 5.82 Å². The van der Waals surface area contributed by atoms with Gasteiger partial charge in [-0.1, -0.05) is 12.1 Å². The van der Waals surface area contributed by atoms with Crippen molar-refractivity contribution >= 4 is 17.5 Å². The number of nitrogens with zero attached hydrogens (tertiary/aromatic N) is 1. The van der Waals surface area contributed by atoms with Crippen LogP contribution in [0.3, 0.4) is 0 Å². The maximum atomic E-state index is 13.5. The van der Waals surface area contributed by atoms with Crippen molar-refractivity contribution in [2.24, 2.45) is 0 Å². The van der Waals surface area contributed by atoms with Gasteiger partial charge in [0, 0.05) is 0 Å². The Hall–Kier alpha value is -1.91. The van der Waals surface area contributed by atoms with Crippen molar-refractivity contribution in [3.05, 3.63) is 30.1 Å². The second-order valence-electron chi connectivity index (χ2n) is 3.66. The van der Waals surface area contributed by atoms with Crippen LogP contribution in [0.1, 0.15) is 6.92 Å². The monoisotopic (exact) mass is 222 g/mol. The largest absolute Gasteiger partial charge is 0.343 e. The van der Waals surface area contributed by atoms with Crippen molar-refractivity contribution in [3.8, 4) is 0 Å². The minimum atomic E-state index is -0.610. The van der Waals surface area contributed by atoms with Crippen LogP contribution >= 0.6 is 0 Å². The Kier molecular flexibility index (Phi) is 2.60. The van der Waals surface area contributed by atoms with Crippen molar-refractivity contribution in [1.82, 2.24) is 5.32 Å². The summed E-state index contributed by atoms with van der Waals surface area (Å²) in [7, 11) is 0. The average Bonchev–Trinajstić information content (AvgIpc) is 2.24. The molecule has 0 aromatic heterocycles. The van der Waals surface area contributed by atoms with E-state index >= 15 is 0 Å². The second kappa shape index (κ2) is 3.92. The van der Waals surface area contributed by atoms with Gasteiger partial charge in [0.05, 0.1) is 5.69 Å². The Labute approximate surface area is 92.0 Å². The van der Waals surface area contributed by atoms with Crippen LogP contribution in [0.4, 0.5) is 10.1 Å². The van der Waals surface area contributed by atoms with E-state index in [4.69, 9.17) is 0 Å². The molecule has 2 amide bonds. The zero-order chi connectivity index (χ0) is 11.7. The molecule has 1 heterocycles. The van der Waals surface area contributed by atoms with Gasteiger partial charge in [-0.15, -0.1) is 0 Å². The molecule has 5 heteroatoms. The van der Waals surface area contributed by atoms with Gasteiger partial charge in [-0.25, -0.2) is 4.39 Å². The molecule has 84 valence electrons. The lowest BCUT2D eigenvalue weighted by molar-refractivity contribution is -0.130. The van der Waals surface area contributed by atoms with Gasteiger partial charge in [0.1, 0.15) is 18.4 Å². The molecular formula is C11H11FN2O2. The number of rotatable bonds is 1. The predicted octanol–water partition coefficient (Wildman–Crippen LogP) is 0.677. The van der Waals surface area contributed by atoms with Gasteiger partial charge in [0.25, 0.3) is 0 Å². The Morgan fingerprint density at radius 1 is 1.38 bits per heavy atom. The van der Waals surface area contributed by atoms with Crippen LogP contribution < -0.4 is 10.2 Å². The molecule has 1 aliphatic heterocycles. The Morgan fingerprint density at radius 2 is 2.06 bits per heavy atom. The number of carbonyl (C=O) groups excluding carboxylic acids is 2. The molecule has 1 fully saturated rings. The maximum Gasteiger partial charge on any atom is 0.249 e. The third kappa shape index (κ3) is 1.76. The molecular weight excluding hydrogens is 211 g/mol. The molecule has 1 atom stereocenters. The van der Waals surface area contributed by atoms with Crippen LogP contribution in [0.5, 0.6) is 0 Å². The predicted molar refractivity (Wildman–Crippen MR) is 56.4 cm³/mol. The number of piperazine rings is 1. The summed E-state index contributed by atoms with van der Waals surface area (Å²) in [6, 6.07) is 5.30. The van der Waals surface area contributed by atoms with E-state index in [-0.39, 0.29) is 24.0 Å². The molecule has 1 aromatic carbocycles. The number of para-hydroxylation sites is 1. The van der Waals surface area contributed by atoms with E-state index in [0.717, 1.165) is 0 Å². The summed E-state index contributed by atoms with van der Waals surface area (Å²) in [6.45, 7) is 1.44. The third-order valence-corrected chi connectivity index (χ3v) is 2.46. The highest BCUT2D eigenvalue weighted by atomic mass is 19.1. The summed E-state index contributed by atoms with van der Waals surface area (Å²) in [5.41, 5.74) is 0.147. The lowest BCUT2D eigenvalue weighted by atomic mass is 10.2. The van der Waals surface area contributed by atoms with Gasteiger partial charge in [0.2, 0.25) is 11.8 Å². The smallest absolute Gasteiger partial charge is 0.249 e. The highest BCUT2D eigenvalue weighted by Gasteiger charge is 2.31. The molecule has 0 spiro atoms. The van der Waals surface area contributed by atoms with Crippen LogP contribution in [0.25, 0.3) is 0 Å². The maximum absolute atomic E-state index is 13.5. The first-order chi connectivity index (χ1) is 7.59. The van der Waals surface area contributed by atoms with Gasteiger partial charge in [-0.3, -0.25) is 14.5 Å². The molecule has 0 saturated carbocycles. The van der Waals surface area contributed by atoms with Gasteiger partial charge in [-0.2, -0.15) is 0 Å². The molecule has 4 nitrogen and oxygen atoms in total. The average molecular weight is 222 g/mol. The highest BCUT2D eigenvalue weighted by Crippen LogP contribution is 2.20. The van der Waals surface area contributed by atoms with Gasteiger partial charge < -0.3 is 5.32 Å². The topological polar surface area (TPSA) is 49.4 Å². The SMILES string of the molecule is CC1NC(=O)CN(c2ccccc2F)C1=O. The van der Waals surface area contributed by atoms with E-state index in [9.17, 15) is 14.0 Å². The summed E-state index contributed by atoms with van der Waals surface area (Å²) in [4.78, 5) is 24.2. The number of hydrogen-bond donors (Lipinski definition) is 1. The fraction of sp³-hybridized carbons (Fsp3) is 0.273. The van der Waals surface area contributed by atoms with E-state index in [0.29, 0.717) is 0 Å².